The summed E-state index contributed by atoms with van der Waals surface area (Å²) in [5, 5.41) is 0. The molecular formula is C7H8BrClS. The van der Waals surface area contributed by atoms with Crippen LogP contribution in [-0.2, 0) is 0 Å². The van der Waals surface area contributed by atoms with E-state index in [9.17, 15) is 0 Å². The molecule has 0 aromatic carbocycles. The highest BCUT2D eigenvalue weighted by atomic mass is 79.9. The normalized spacial score (nSPS) is 13.6. The Morgan fingerprint density at radius 2 is 2.30 bits per heavy atom. The zero-order chi connectivity index (χ0) is 7.72. The highest BCUT2D eigenvalue weighted by molar-refractivity contribution is 9.09. The van der Waals surface area contributed by atoms with E-state index in [0.29, 0.717) is 4.83 Å². The van der Waals surface area contributed by atoms with Crippen molar-refractivity contribution in [3.05, 3.63) is 20.8 Å². The standard InChI is InChI=1S/C7H8BrClS/c1-4-3-6(5(2)8)10-7(4)9/h3,5H,1-2H3. The molecule has 1 atom stereocenters. The number of hydrogen-bond donors (Lipinski definition) is 0. The molecule has 0 nitrogen and oxygen atoms in total. The Labute approximate surface area is 78.3 Å². The molecule has 0 aliphatic heterocycles. The first kappa shape index (κ1) is 8.57. The van der Waals surface area contributed by atoms with E-state index in [4.69, 9.17) is 11.6 Å². The quantitative estimate of drug-likeness (QED) is 0.646. The van der Waals surface area contributed by atoms with Crippen molar-refractivity contribution in [2.24, 2.45) is 0 Å². The first-order chi connectivity index (χ1) is 4.61. The lowest BCUT2D eigenvalue weighted by molar-refractivity contribution is 1.16. The van der Waals surface area contributed by atoms with Gasteiger partial charge in [0, 0.05) is 9.70 Å². The Morgan fingerprint density at radius 1 is 1.70 bits per heavy atom. The molecule has 1 rings (SSSR count). The summed E-state index contributed by atoms with van der Waals surface area (Å²) in [5.41, 5.74) is 1.17. The summed E-state index contributed by atoms with van der Waals surface area (Å²) in [6, 6.07) is 2.12. The van der Waals surface area contributed by atoms with Crippen molar-refractivity contribution in [3.8, 4) is 0 Å². The largest absolute Gasteiger partial charge is 0.127 e. The molecule has 3 heteroatoms. The van der Waals surface area contributed by atoms with Gasteiger partial charge in [-0.2, -0.15) is 0 Å². The molecule has 0 fully saturated rings. The monoisotopic (exact) mass is 238 g/mol. The molecule has 56 valence electrons. The van der Waals surface area contributed by atoms with Gasteiger partial charge in [0.05, 0.1) is 4.34 Å². The molecule has 10 heavy (non-hydrogen) atoms. The third kappa shape index (κ3) is 1.74. The Kier molecular flexibility index (Phi) is 2.78. The average Bonchev–Trinajstić information content (AvgIpc) is 2.13. The van der Waals surface area contributed by atoms with Crippen LogP contribution in [0.5, 0.6) is 0 Å². The van der Waals surface area contributed by atoms with Crippen LogP contribution in [0, 0.1) is 6.92 Å². The van der Waals surface area contributed by atoms with Gasteiger partial charge in [-0.1, -0.05) is 27.5 Å². The van der Waals surface area contributed by atoms with Crippen LogP contribution in [0.2, 0.25) is 4.34 Å². The number of halogens is 2. The second-order valence-corrected chi connectivity index (χ2v) is 5.28. The van der Waals surface area contributed by atoms with Crippen LogP contribution < -0.4 is 0 Å². The summed E-state index contributed by atoms with van der Waals surface area (Å²) in [6.07, 6.45) is 0. The van der Waals surface area contributed by atoms with E-state index >= 15 is 0 Å². The lowest BCUT2D eigenvalue weighted by Gasteiger charge is -1.93. The molecule has 1 unspecified atom stereocenters. The molecule has 0 saturated heterocycles. The molecule has 1 heterocycles. The van der Waals surface area contributed by atoms with Gasteiger partial charge in [0.25, 0.3) is 0 Å². The summed E-state index contributed by atoms with van der Waals surface area (Å²) >= 11 is 11.0. The first-order valence-corrected chi connectivity index (χ1v) is 5.12. The molecule has 0 aliphatic carbocycles. The van der Waals surface area contributed by atoms with Crippen molar-refractivity contribution in [3.63, 3.8) is 0 Å². The summed E-state index contributed by atoms with van der Waals surface area (Å²) in [7, 11) is 0. The minimum Gasteiger partial charge on any atom is -0.127 e. The summed E-state index contributed by atoms with van der Waals surface area (Å²) in [4.78, 5) is 1.71. The molecule has 0 saturated carbocycles. The maximum atomic E-state index is 5.87. The highest BCUT2D eigenvalue weighted by Crippen LogP contribution is 2.34. The Morgan fingerprint density at radius 3 is 2.50 bits per heavy atom. The zero-order valence-electron chi connectivity index (χ0n) is 5.82. The lowest BCUT2D eigenvalue weighted by Crippen LogP contribution is -1.72. The zero-order valence-corrected chi connectivity index (χ0v) is 8.98. The maximum absolute atomic E-state index is 5.87. The van der Waals surface area contributed by atoms with Crippen molar-refractivity contribution < 1.29 is 0 Å². The Balaban J connectivity index is 2.98. The highest BCUT2D eigenvalue weighted by Gasteiger charge is 2.06. The van der Waals surface area contributed by atoms with Crippen molar-refractivity contribution in [2.75, 3.05) is 0 Å². The van der Waals surface area contributed by atoms with Crippen LogP contribution in [0.3, 0.4) is 0 Å². The van der Waals surface area contributed by atoms with E-state index in [1.807, 2.05) is 6.92 Å². The van der Waals surface area contributed by atoms with Crippen LogP contribution in [-0.4, -0.2) is 0 Å². The second-order valence-electron chi connectivity index (χ2n) is 2.22. The summed E-state index contributed by atoms with van der Waals surface area (Å²) < 4.78 is 0.904. The predicted molar refractivity (Wildman–Crippen MR) is 51.4 cm³/mol. The van der Waals surface area contributed by atoms with Gasteiger partial charge in [0.15, 0.2) is 0 Å². The van der Waals surface area contributed by atoms with Crippen molar-refractivity contribution in [2.45, 2.75) is 18.7 Å². The maximum Gasteiger partial charge on any atom is 0.0960 e. The van der Waals surface area contributed by atoms with Crippen LogP contribution in [0.4, 0.5) is 0 Å². The third-order valence-corrected chi connectivity index (χ3v) is 3.80. The van der Waals surface area contributed by atoms with E-state index in [-0.39, 0.29) is 0 Å². The van der Waals surface area contributed by atoms with Gasteiger partial charge in [-0.05, 0) is 25.5 Å². The van der Waals surface area contributed by atoms with Crippen LogP contribution in [0.25, 0.3) is 0 Å². The second kappa shape index (κ2) is 3.24. The van der Waals surface area contributed by atoms with E-state index in [1.165, 1.54) is 10.4 Å². The predicted octanol–water partition coefficient (Wildman–Crippen LogP) is 4.17. The van der Waals surface area contributed by atoms with Crippen molar-refractivity contribution >= 4 is 38.9 Å². The van der Waals surface area contributed by atoms with Gasteiger partial charge in [0.1, 0.15) is 0 Å². The smallest absolute Gasteiger partial charge is 0.0960 e. The minimum absolute atomic E-state index is 0.420. The fourth-order valence-corrected chi connectivity index (χ4v) is 2.24. The van der Waals surface area contributed by atoms with Crippen molar-refractivity contribution in [1.82, 2.24) is 0 Å². The third-order valence-electron chi connectivity index (χ3n) is 1.27. The number of alkyl halides is 1. The van der Waals surface area contributed by atoms with Gasteiger partial charge in [-0.3, -0.25) is 0 Å². The number of thiophene rings is 1. The van der Waals surface area contributed by atoms with Gasteiger partial charge in [0.2, 0.25) is 0 Å². The SMILES string of the molecule is Cc1cc(C(C)Br)sc1Cl. The van der Waals surface area contributed by atoms with Gasteiger partial charge in [-0.25, -0.2) is 0 Å². The molecule has 0 bridgehead atoms. The van der Waals surface area contributed by atoms with Crippen LogP contribution in [0.15, 0.2) is 6.07 Å². The van der Waals surface area contributed by atoms with E-state index in [1.54, 1.807) is 11.3 Å². The molecule has 0 amide bonds. The molecular weight excluding hydrogens is 232 g/mol. The fourth-order valence-electron chi connectivity index (χ4n) is 0.680. The molecule has 0 N–H and O–H groups in total. The summed E-state index contributed by atoms with van der Waals surface area (Å²) in [5.74, 6) is 0. The Bertz CT molecular complexity index is 210. The fraction of sp³-hybridized carbons (Fsp3) is 0.429. The van der Waals surface area contributed by atoms with Crippen molar-refractivity contribution in [1.29, 1.82) is 0 Å². The van der Waals surface area contributed by atoms with Gasteiger partial charge >= 0.3 is 0 Å². The average molecular weight is 240 g/mol. The summed E-state index contributed by atoms with van der Waals surface area (Å²) in [6.45, 7) is 4.12. The molecule has 1 aromatic rings. The van der Waals surface area contributed by atoms with Gasteiger partial charge < -0.3 is 0 Å². The number of rotatable bonds is 1. The van der Waals surface area contributed by atoms with Crippen LogP contribution in [0.1, 0.15) is 22.2 Å². The van der Waals surface area contributed by atoms with Crippen LogP contribution >= 0.6 is 38.9 Å². The Hall–Kier alpha value is 0.470. The molecule has 1 aromatic heterocycles. The minimum atomic E-state index is 0.420. The van der Waals surface area contributed by atoms with E-state index < -0.39 is 0 Å². The topological polar surface area (TPSA) is 0 Å². The van der Waals surface area contributed by atoms with Gasteiger partial charge in [-0.15, -0.1) is 11.3 Å². The molecule has 0 radical (unpaired) electrons. The number of hydrogen-bond acceptors (Lipinski definition) is 1. The molecule has 0 spiro atoms. The van der Waals surface area contributed by atoms with E-state index in [2.05, 4.69) is 28.9 Å². The number of aryl methyl sites for hydroxylation is 1. The first-order valence-electron chi connectivity index (χ1n) is 3.01. The van der Waals surface area contributed by atoms with E-state index in [0.717, 1.165) is 4.34 Å². The molecule has 0 aliphatic rings. The lowest BCUT2D eigenvalue weighted by atomic mass is 10.3.